The van der Waals surface area contributed by atoms with Crippen molar-refractivity contribution in [3.8, 4) is 0 Å². The van der Waals surface area contributed by atoms with Crippen LogP contribution in [-0.2, 0) is 14.3 Å². The average Bonchev–Trinajstić information content (AvgIpc) is 2.37. The summed E-state index contributed by atoms with van der Waals surface area (Å²) in [5, 5.41) is 8.78. The zero-order valence-corrected chi connectivity index (χ0v) is 11.9. The van der Waals surface area contributed by atoms with Crippen LogP contribution in [0.3, 0.4) is 0 Å². The molecule has 1 N–H and O–H groups in total. The number of hydrogen-bond donors (Lipinski definition) is 1. The molecule has 1 rings (SSSR count). The first kappa shape index (κ1) is 16.0. The van der Waals surface area contributed by atoms with Gasteiger partial charge in [-0.25, -0.2) is 0 Å². The largest absolute Gasteiger partial charge is 0.481 e. The molecule has 0 aliphatic carbocycles. The summed E-state index contributed by atoms with van der Waals surface area (Å²) in [7, 11) is 0. The Labute approximate surface area is 114 Å². The summed E-state index contributed by atoms with van der Waals surface area (Å²) in [5.74, 6) is -0.626. The number of carboxylic acid groups (broad SMARTS) is 1. The summed E-state index contributed by atoms with van der Waals surface area (Å²) >= 11 is 0. The molecule has 0 aromatic heterocycles. The summed E-state index contributed by atoms with van der Waals surface area (Å²) in [6.45, 7) is 5.60. The molecule has 1 amide bonds. The van der Waals surface area contributed by atoms with E-state index in [1.807, 2.05) is 0 Å². The molecule has 0 bridgehead atoms. The standard InChI is InChI=1S/C14H25NO4/c1-3-5-11(6-4-2)14(18)15-7-8-19-12(10-15)9-13(16)17/h11-12H,3-10H2,1-2H3,(H,16,17). The van der Waals surface area contributed by atoms with Crippen LogP contribution in [0.1, 0.15) is 46.0 Å². The Balaban J connectivity index is 2.56. The maximum atomic E-state index is 12.4. The molecule has 1 aliphatic rings. The number of rotatable bonds is 7. The van der Waals surface area contributed by atoms with Crippen LogP contribution in [0.5, 0.6) is 0 Å². The lowest BCUT2D eigenvalue weighted by molar-refractivity contribution is -0.150. The fourth-order valence-electron chi connectivity index (χ4n) is 2.58. The molecule has 110 valence electrons. The van der Waals surface area contributed by atoms with Crippen LogP contribution in [0, 0.1) is 5.92 Å². The number of carbonyl (C=O) groups is 2. The van der Waals surface area contributed by atoms with Crippen molar-refractivity contribution in [1.82, 2.24) is 4.90 Å². The molecular weight excluding hydrogens is 246 g/mol. The van der Waals surface area contributed by atoms with Crippen molar-refractivity contribution >= 4 is 11.9 Å². The Morgan fingerprint density at radius 2 is 1.95 bits per heavy atom. The molecule has 5 nitrogen and oxygen atoms in total. The molecule has 0 aromatic carbocycles. The monoisotopic (exact) mass is 271 g/mol. The number of nitrogens with zero attached hydrogens (tertiary/aromatic N) is 1. The Morgan fingerprint density at radius 3 is 2.47 bits per heavy atom. The molecule has 1 saturated heterocycles. The summed E-state index contributed by atoms with van der Waals surface area (Å²) < 4.78 is 5.39. The Hall–Kier alpha value is -1.10. The van der Waals surface area contributed by atoms with Gasteiger partial charge in [0.1, 0.15) is 0 Å². The fraction of sp³-hybridized carbons (Fsp3) is 0.857. The number of amides is 1. The number of morpholine rings is 1. The lowest BCUT2D eigenvalue weighted by atomic mass is 9.96. The minimum atomic E-state index is -0.877. The van der Waals surface area contributed by atoms with Gasteiger partial charge < -0.3 is 14.7 Å². The smallest absolute Gasteiger partial charge is 0.306 e. The molecule has 1 atom stereocenters. The molecule has 1 fully saturated rings. The first-order valence-corrected chi connectivity index (χ1v) is 7.20. The predicted molar refractivity (Wildman–Crippen MR) is 71.9 cm³/mol. The molecule has 0 saturated carbocycles. The van der Waals surface area contributed by atoms with Gasteiger partial charge in [-0.3, -0.25) is 9.59 Å². The summed E-state index contributed by atoms with van der Waals surface area (Å²) in [6.07, 6.45) is 3.43. The minimum Gasteiger partial charge on any atom is -0.481 e. The van der Waals surface area contributed by atoms with Crippen molar-refractivity contribution in [3.63, 3.8) is 0 Å². The summed E-state index contributed by atoms with van der Waals surface area (Å²) in [6, 6.07) is 0. The second-order valence-electron chi connectivity index (χ2n) is 5.15. The number of ether oxygens (including phenoxy) is 1. The zero-order valence-electron chi connectivity index (χ0n) is 11.9. The molecule has 0 radical (unpaired) electrons. The molecule has 19 heavy (non-hydrogen) atoms. The second kappa shape index (κ2) is 8.15. The number of hydrogen-bond acceptors (Lipinski definition) is 3. The van der Waals surface area contributed by atoms with Crippen LogP contribution in [0.2, 0.25) is 0 Å². The van der Waals surface area contributed by atoms with Gasteiger partial charge in [0.25, 0.3) is 0 Å². The summed E-state index contributed by atoms with van der Waals surface area (Å²) in [4.78, 5) is 24.9. The fourth-order valence-corrected chi connectivity index (χ4v) is 2.58. The van der Waals surface area contributed by atoms with Crippen molar-refractivity contribution < 1.29 is 19.4 Å². The van der Waals surface area contributed by atoms with E-state index in [-0.39, 0.29) is 24.3 Å². The van der Waals surface area contributed by atoms with E-state index in [4.69, 9.17) is 9.84 Å². The number of aliphatic carboxylic acids is 1. The van der Waals surface area contributed by atoms with Crippen molar-refractivity contribution in [2.45, 2.75) is 52.1 Å². The lowest BCUT2D eigenvalue weighted by Crippen LogP contribution is -2.48. The van der Waals surface area contributed by atoms with E-state index in [1.165, 1.54) is 0 Å². The number of carboxylic acids is 1. The Morgan fingerprint density at radius 1 is 1.32 bits per heavy atom. The van der Waals surface area contributed by atoms with Gasteiger partial charge in [-0.15, -0.1) is 0 Å². The Kier molecular flexibility index (Phi) is 6.84. The van der Waals surface area contributed by atoms with Crippen molar-refractivity contribution in [2.75, 3.05) is 19.7 Å². The topological polar surface area (TPSA) is 66.8 Å². The molecule has 0 spiro atoms. The minimum absolute atomic E-state index is 0.0317. The molecule has 1 heterocycles. The van der Waals surface area contributed by atoms with Crippen molar-refractivity contribution in [2.24, 2.45) is 5.92 Å². The average molecular weight is 271 g/mol. The van der Waals surface area contributed by atoms with Gasteiger partial charge in [-0.1, -0.05) is 26.7 Å². The van der Waals surface area contributed by atoms with Crippen molar-refractivity contribution in [3.05, 3.63) is 0 Å². The maximum Gasteiger partial charge on any atom is 0.306 e. The third kappa shape index (κ3) is 5.19. The van der Waals surface area contributed by atoms with E-state index in [2.05, 4.69) is 13.8 Å². The van der Waals surface area contributed by atoms with Gasteiger partial charge in [-0.05, 0) is 12.8 Å². The van der Waals surface area contributed by atoms with Gasteiger partial charge in [-0.2, -0.15) is 0 Å². The van der Waals surface area contributed by atoms with E-state index in [9.17, 15) is 9.59 Å². The normalized spacial score (nSPS) is 19.7. The third-order valence-corrected chi connectivity index (χ3v) is 3.48. The summed E-state index contributed by atoms with van der Waals surface area (Å²) in [5.41, 5.74) is 0. The van der Waals surface area contributed by atoms with Crippen LogP contribution >= 0.6 is 0 Å². The first-order chi connectivity index (χ1) is 9.08. The highest BCUT2D eigenvalue weighted by Gasteiger charge is 2.29. The van der Waals surface area contributed by atoms with E-state index in [0.717, 1.165) is 25.7 Å². The number of carbonyl (C=O) groups excluding carboxylic acids is 1. The zero-order chi connectivity index (χ0) is 14.3. The van der Waals surface area contributed by atoms with E-state index >= 15 is 0 Å². The highest BCUT2D eigenvalue weighted by molar-refractivity contribution is 5.79. The van der Waals surface area contributed by atoms with Crippen molar-refractivity contribution in [1.29, 1.82) is 0 Å². The predicted octanol–water partition coefficient (Wildman–Crippen LogP) is 1.90. The quantitative estimate of drug-likeness (QED) is 0.768. The second-order valence-corrected chi connectivity index (χ2v) is 5.15. The molecular formula is C14H25NO4. The van der Waals surface area contributed by atoms with E-state index in [1.54, 1.807) is 4.90 Å². The van der Waals surface area contributed by atoms with Gasteiger partial charge in [0.2, 0.25) is 5.91 Å². The molecule has 1 unspecified atom stereocenters. The van der Waals surface area contributed by atoms with Crippen LogP contribution in [-0.4, -0.2) is 47.7 Å². The van der Waals surface area contributed by atoms with Crippen LogP contribution < -0.4 is 0 Å². The highest BCUT2D eigenvalue weighted by atomic mass is 16.5. The Bertz CT molecular complexity index is 300. The lowest BCUT2D eigenvalue weighted by Gasteiger charge is -2.34. The van der Waals surface area contributed by atoms with Crippen LogP contribution in [0.25, 0.3) is 0 Å². The molecule has 0 aromatic rings. The third-order valence-electron chi connectivity index (χ3n) is 3.48. The first-order valence-electron chi connectivity index (χ1n) is 7.20. The van der Waals surface area contributed by atoms with E-state index < -0.39 is 5.97 Å². The molecule has 1 aliphatic heterocycles. The SMILES string of the molecule is CCCC(CCC)C(=O)N1CCOC(CC(=O)O)C1. The van der Waals surface area contributed by atoms with E-state index in [0.29, 0.717) is 19.7 Å². The van der Waals surface area contributed by atoms with Gasteiger partial charge in [0.05, 0.1) is 19.1 Å². The van der Waals surface area contributed by atoms with Gasteiger partial charge >= 0.3 is 5.97 Å². The molecule has 5 heteroatoms. The van der Waals surface area contributed by atoms with Gasteiger partial charge in [0, 0.05) is 19.0 Å². The highest BCUT2D eigenvalue weighted by Crippen LogP contribution is 2.19. The maximum absolute atomic E-state index is 12.4. The van der Waals surface area contributed by atoms with Crippen LogP contribution in [0.4, 0.5) is 0 Å². The van der Waals surface area contributed by atoms with Gasteiger partial charge in [0.15, 0.2) is 0 Å². The van der Waals surface area contributed by atoms with Crippen LogP contribution in [0.15, 0.2) is 0 Å².